The Kier molecular flexibility index (Phi) is 7.29. The SMILES string of the molecule is O=C(NN=Cc1cc(OCc2ccccc2)ccc1Br)C(=O)Nc1ccc(F)cc1. The van der Waals surface area contributed by atoms with E-state index in [4.69, 9.17) is 4.74 Å². The Bertz CT molecular complexity index is 1060. The molecule has 0 heterocycles. The van der Waals surface area contributed by atoms with Crippen molar-refractivity contribution in [1.82, 2.24) is 5.43 Å². The molecule has 8 heteroatoms. The average molecular weight is 470 g/mol. The van der Waals surface area contributed by atoms with Crippen LogP contribution in [-0.4, -0.2) is 18.0 Å². The van der Waals surface area contributed by atoms with Gasteiger partial charge >= 0.3 is 11.8 Å². The summed E-state index contributed by atoms with van der Waals surface area (Å²) in [5.41, 5.74) is 4.14. The highest BCUT2D eigenvalue weighted by molar-refractivity contribution is 9.10. The Morgan fingerprint density at radius 3 is 2.47 bits per heavy atom. The zero-order chi connectivity index (χ0) is 21.3. The minimum absolute atomic E-state index is 0.298. The van der Waals surface area contributed by atoms with Gasteiger partial charge in [-0.1, -0.05) is 46.3 Å². The van der Waals surface area contributed by atoms with Gasteiger partial charge < -0.3 is 10.1 Å². The summed E-state index contributed by atoms with van der Waals surface area (Å²) in [6.07, 6.45) is 1.39. The monoisotopic (exact) mass is 469 g/mol. The van der Waals surface area contributed by atoms with Crippen LogP contribution in [0.4, 0.5) is 10.1 Å². The highest BCUT2D eigenvalue weighted by atomic mass is 79.9. The summed E-state index contributed by atoms with van der Waals surface area (Å²) in [6, 6.07) is 20.1. The first-order valence-corrected chi connectivity index (χ1v) is 9.67. The largest absolute Gasteiger partial charge is 0.489 e. The fourth-order valence-corrected chi connectivity index (χ4v) is 2.73. The molecular weight excluding hydrogens is 453 g/mol. The first-order chi connectivity index (χ1) is 14.5. The van der Waals surface area contributed by atoms with Crippen LogP contribution < -0.4 is 15.5 Å². The highest BCUT2D eigenvalue weighted by Crippen LogP contribution is 2.22. The van der Waals surface area contributed by atoms with Gasteiger partial charge in [0.05, 0.1) is 6.21 Å². The topological polar surface area (TPSA) is 79.8 Å². The molecule has 0 atom stereocenters. The van der Waals surface area contributed by atoms with Crippen molar-refractivity contribution < 1.29 is 18.7 Å². The van der Waals surface area contributed by atoms with Crippen molar-refractivity contribution in [3.05, 3.63) is 94.2 Å². The lowest BCUT2D eigenvalue weighted by molar-refractivity contribution is -0.136. The van der Waals surface area contributed by atoms with Crippen molar-refractivity contribution in [2.24, 2.45) is 5.10 Å². The number of carbonyl (C=O) groups excluding carboxylic acids is 2. The number of hydrogen-bond donors (Lipinski definition) is 2. The maximum atomic E-state index is 12.9. The average Bonchev–Trinajstić information content (AvgIpc) is 2.76. The smallest absolute Gasteiger partial charge is 0.329 e. The molecule has 0 aromatic heterocycles. The minimum atomic E-state index is -0.955. The maximum absolute atomic E-state index is 12.9. The quantitative estimate of drug-likeness (QED) is 0.321. The number of hydrazone groups is 1. The van der Waals surface area contributed by atoms with Gasteiger partial charge in [-0.05, 0) is 48.0 Å². The van der Waals surface area contributed by atoms with E-state index >= 15 is 0 Å². The molecule has 0 unspecified atom stereocenters. The molecule has 0 aliphatic heterocycles. The van der Waals surface area contributed by atoms with Gasteiger partial charge in [-0.3, -0.25) is 9.59 Å². The molecule has 3 rings (SSSR count). The summed E-state index contributed by atoms with van der Waals surface area (Å²) in [5.74, 6) is -1.69. The lowest BCUT2D eigenvalue weighted by atomic mass is 10.2. The number of nitrogens with one attached hydrogen (secondary N) is 2. The molecule has 6 nitrogen and oxygen atoms in total. The first-order valence-electron chi connectivity index (χ1n) is 8.87. The summed E-state index contributed by atoms with van der Waals surface area (Å²) in [6.45, 7) is 0.416. The molecule has 30 heavy (non-hydrogen) atoms. The molecule has 152 valence electrons. The lowest BCUT2D eigenvalue weighted by Crippen LogP contribution is -2.32. The second-order valence-corrected chi connectivity index (χ2v) is 6.97. The van der Waals surface area contributed by atoms with Crippen LogP contribution in [0.15, 0.2) is 82.4 Å². The number of benzene rings is 3. The summed E-state index contributed by atoms with van der Waals surface area (Å²) in [5, 5.41) is 6.16. The van der Waals surface area contributed by atoms with E-state index in [9.17, 15) is 14.0 Å². The second-order valence-electron chi connectivity index (χ2n) is 6.12. The number of rotatable bonds is 6. The van der Waals surface area contributed by atoms with Crippen LogP contribution in [0.25, 0.3) is 0 Å². The second kappa shape index (κ2) is 10.3. The van der Waals surface area contributed by atoms with E-state index in [0.717, 1.165) is 10.0 Å². The van der Waals surface area contributed by atoms with Crippen molar-refractivity contribution in [3.8, 4) is 5.75 Å². The van der Waals surface area contributed by atoms with E-state index < -0.39 is 17.6 Å². The minimum Gasteiger partial charge on any atom is -0.489 e. The van der Waals surface area contributed by atoms with E-state index in [2.05, 4.69) is 31.8 Å². The highest BCUT2D eigenvalue weighted by Gasteiger charge is 2.13. The number of nitrogens with zero attached hydrogens (tertiary/aromatic N) is 1. The van der Waals surface area contributed by atoms with Gasteiger partial charge in [-0.2, -0.15) is 5.10 Å². The Morgan fingerprint density at radius 2 is 1.73 bits per heavy atom. The van der Waals surface area contributed by atoms with Crippen molar-refractivity contribution in [3.63, 3.8) is 0 Å². The normalized spacial score (nSPS) is 10.6. The molecule has 0 radical (unpaired) electrons. The molecule has 0 spiro atoms. The van der Waals surface area contributed by atoms with Gasteiger partial charge in [0.1, 0.15) is 18.2 Å². The Hall–Kier alpha value is -3.52. The van der Waals surface area contributed by atoms with Crippen molar-refractivity contribution in [1.29, 1.82) is 0 Å². The van der Waals surface area contributed by atoms with Gasteiger partial charge in [0, 0.05) is 15.7 Å². The van der Waals surface area contributed by atoms with Crippen LogP contribution in [0.2, 0.25) is 0 Å². The zero-order valence-corrected chi connectivity index (χ0v) is 17.2. The van der Waals surface area contributed by atoms with Crippen LogP contribution in [0.5, 0.6) is 5.75 Å². The lowest BCUT2D eigenvalue weighted by Gasteiger charge is -2.08. The Morgan fingerprint density at radius 1 is 1.00 bits per heavy atom. The van der Waals surface area contributed by atoms with E-state index in [1.54, 1.807) is 18.2 Å². The predicted molar refractivity (Wildman–Crippen MR) is 116 cm³/mol. The van der Waals surface area contributed by atoms with Crippen molar-refractivity contribution >= 4 is 39.6 Å². The van der Waals surface area contributed by atoms with Gasteiger partial charge in [0.2, 0.25) is 0 Å². The molecule has 0 saturated heterocycles. The Balaban J connectivity index is 1.56. The van der Waals surface area contributed by atoms with Crippen LogP contribution >= 0.6 is 15.9 Å². The van der Waals surface area contributed by atoms with Gasteiger partial charge in [0.15, 0.2) is 0 Å². The zero-order valence-electron chi connectivity index (χ0n) is 15.6. The number of ether oxygens (including phenoxy) is 1. The van der Waals surface area contributed by atoms with Crippen LogP contribution in [0.1, 0.15) is 11.1 Å². The molecule has 0 fully saturated rings. The summed E-state index contributed by atoms with van der Waals surface area (Å²) in [4.78, 5) is 23.7. The maximum Gasteiger partial charge on any atom is 0.329 e. The standard InChI is InChI=1S/C22H17BrFN3O3/c23-20-11-10-19(30-14-15-4-2-1-3-5-15)12-16(20)13-25-27-22(29)21(28)26-18-8-6-17(24)7-9-18/h1-13H,14H2,(H,26,28)(H,27,29). The molecule has 0 saturated carbocycles. The van der Waals surface area contributed by atoms with Gasteiger partial charge in [0.25, 0.3) is 0 Å². The van der Waals surface area contributed by atoms with E-state index in [-0.39, 0.29) is 0 Å². The first kappa shape index (κ1) is 21.2. The molecule has 2 amide bonds. The fraction of sp³-hybridized carbons (Fsp3) is 0.0455. The van der Waals surface area contributed by atoms with Crippen LogP contribution in [0, 0.1) is 5.82 Å². The predicted octanol–water partition coefficient (Wildman–Crippen LogP) is 4.26. The number of anilines is 1. The number of carbonyl (C=O) groups is 2. The molecule has 3 aromatic rings. The fourth-order valence-electron chi connectivity index (χ4n) is 2.38. The molecule has 0 aliphatic carbocycles. The van der Waals surface area contributed by atoms with Gasteiger partial charge in [-0.15, -0.1) is 0 Å². The third-order valence-corrected chi connectivity index (χ3v) is 4.62. The number of hydrogen-bond acceptors (Lipinski definition) is 4. The summed E-state index contributed by atoms with van der Waals surface area (Å²) in [7, 11) is 0. The summed E-state index contributed by atoms with van der Waals surface area (Å²) < 4.78 is 19.4. The third-order valence-electron chi connectivity index (χ3n) is 3.89. The van der Waals surface area contributed by atoms with Crippen molar-refractivity contribution in [2.75, 3.05) is 5.32 Å². The Labute approximate surface area is 180 Å². The van der Waals surface area contributed by atoms with E-state index in [1.807, 2.05) is 30.3 Å². The van der Waals surface area contributed by atoms with Crippen LogP contribution in [-0.2, 0) is 16.2 Å². The van der Waals surface area contributed by atoms with Crippen LogP contribution in [0.3, 0.4) is 0 Å². The molecule has 0 aliphatic rings. The van der Waals surface area contributed by atoms with Gasteiger partial charge in [-0.25, -0.2) is 9.82 Å². The molecular formula is C22H17BrFN3O3. The molecule has 3 aromatic carbocycles. The van der Waals surface area contributed by atoms with E-state index in [1.165, 1.54) is 30.5 Å². The molecule has 2 N–H and O–H groups in total. The van der Waals surface area contributed by atoms with Crippen molar-refractivity contribution in [2.45, 2.75) is 6.61 Å². The number of halogens is 2. The molecule has 0 bridgehead atoms. The third kappa shape index (κ3) is 6.25. The number of amides is 2. The summed E-state index contributed by atoms with van der Waals surface area (Å²) >= 11 is 3.40. The van der Waals surface area contributed by atoms with E-state index in [0.29, 0.717) is 23.6 Å².